The molecule has 3 rings (SSSR count). The highest BCUT2D eigenvalue weighted by molar-refractivity contribution is 5.99. The molecule has 0 N–H and O–H groups in total. The van der Waals surface area contributed by atoms with E-state index in [0.717, 1.165) is 12.3 Å². The molecule has 3 aliphatic carbocycles. The number of ketones is 1. The zero-order chi connectivity index (χ0) is 9.97. The number of hydrogen-bond donors (Lipinski definition) is 0. The molecule has 0 aromatic carbocycles. The third kappa shape index (κ3) is 0.687. The lowest BCUT2D eigenvalue weighted by atomic mass is 9.65. The summed E-state index contributed by atoms with van der Waals surface area (Å²) in [6, 6.07) is 0. The Balaban J connectivity index is 2.14. The second-order valence-corrected chi connectivity index (χ2v) is 5.75. The van der Waals surface area contributed by atoms with Crippen LogP contribution in [-0.4, -0.2) is 5.78 Å². The Morgan fingerprint density at radius 2 is 2.14 bits per heavy atom. The molecule has 0 radical (unpaired) electrons. The lowest BCUT2D eigenvalue weighted by Gasteiger charge is -2.36. The Hall–Kier alpha value is -0.590. The van der Waals surface area contributed by atoms with Crippen LogP contribution in [0.3, 0.4) is 0 Å². The van der Waals surface area contributed by atoms with Gasteiger partial charge < -0.3 is 0 Å². The molecule has 0 heterocycles. The van der Waals surface area contributed by atoms with Crippen LogP contribution >= 0.6 is 0 Å². The fourth-order valence-corrected chi connectivity index (χ4v) is 4.47. The van der Waals surface area contributed by atoms with E-state index in [-0.39, 0.29) is 10.8 Å². The standard InChI is InChI=1S/C13H18O/c1-9-3-8-13-10(9)4-6-12(13,2)7-5-11(13)14/h5,7,9-10H,3-4,6,8H2,1-2H3/t9-,10+,12+,13+/m1/s1. The largest absolute Gasteiger partial charge is 0.294 e. The zero-order valence-corrected chi connectivity index (χ0v) is 9.05. The molecule has 0 aromatic heterocycles. The monoisotopic (exact) mass is 190 g/mol. The van der Waals surface area contributed by atoms with E-state index in [0.29, 0.717) is 11.7 Å². The zero-order valence-electron chi connectivity index (χ0n) is 9.05. The molecule has 0 bridgehead atoms. The van der Waals surface area contributed by atoms with Gasteiger partial charge in [-0.15, -0.1) is 0 Å². The van der Waals surface area contributed by atoms with E-state index >= 15 is 0 Å². The molecule has 0 aromatic rings. The lowest BCUT2D eigenvalue weighted by Crippen LogP contribution is -2.38. The Morgan fingerprint density at radius 1 is 1.36 bits per heavy atom. The van der Waals surface area contributed by atoms with Crippen LogP contribution in [0.15, 0.2) is 12.2 Å². The quantitative estimate of drug-likeness (QED) is 0.574. The van der Waals surface area contributed by atoms with Crippen LogP contribution in [0.5, 0.6) is 0 Å². The molecule has 1 heteroatoms. The highest BCUT2D eigenvalue weighted by Crippen LogP contribution is 2.68. The molecule has 14 heavy (non-hydrogen) atoms. The van der Waals surface area contributed by atoms with Crippen molar-refractivity contribution in [3.8, 4) is 0 Å². The minimum Gasteiger partial charge on any atom is -0.294 e. The topological polar surface area (TPSA) is 17.1 Å². The van der Waals surface area contributed by atoms with Gasteiger partial charge in [-0.2, -0.15) is 0 Å². The molecule has 76 valence electrons. The Morgan fingerprint density at radius 3 is 2.93 bits per heavy atom. The van der Waals surface area contributed by atoms with Crippen molar-refractivity contribution in [3.63, 3.8) is 0 Å². The molecule has 2 fully saturated rings. The lowest BCUT2D eigenvalue weighted by molar-refractivity contribution is -0.127. The summed E-state index contributed by atoms with van der Waals surface area (Å²) in [6.07, 6.45) is 8.96. The summed E-state index contributed by atoms with van der Waals surface area (Å²) in [5.74, 6) is 1.88. The minimum atomic E-state index is 0.0341. The summed E-state index contributed by atoms with van der Waals surface area (Å²) in [7, 11) is 0. The molecule has 0 saturated heterocycles. The Kier molecular flexibility index (Phi) is 1.44. The van der Waals surface area contributed by atoms with E-state index in [9.17, 15) is 4.79 Å². The van der Waals surface area contributed by atoms with Crippen molar-refractivity contribution in [1.29, 1.82) is 0 Å². The van der Waals surface area contributed by atoms with Gasteiger partial charge in [-0.25, -0.2) is 0 Å². The SMILES string of the molecule is C[C@@H]1CC[C@]23C(=O)C=C[C@]2(C)CC[C@@H]13. The number of allylic oxidation sites excluding steroid dienone is 2. The van der Waals surface area contributed by atoms with Gasteiger partial charge in [0.05, 0.1) is 0 Å². The highest BCUT2D eigenvalue weighted by Gasteiger charge is 2.65. The smallest absolute Gasteiger partial charge is 0.162 e. The summed E-state index contributed by atoms with van der Waals surface area (Å²) in [5.41, 5.74) is 0.242. The van der Waals surface area contributed by atoms with Crippen molar-refractivity contribution in [2.75, 3.05) is 0 Å². The van der Waals surface area contributed by atoms with Crippen molar-refractivity contribution in [2.24, 2.45) is 22.7 Å². The van der Waals surface area contributed by atoms with E-state index in [1.54, 1.807) is 0 Å². The number of carbonyl (C=O) groups is 1. The summed E-state index contributed by atoms with van der Waals surface area (Å²) in [4.78, 5) is 12.1. The van der Waals surface area contributed by atoms with Gasteiger partial charge in [0.15, 0.2) is 5.78 Å². The van der Waals surface area contributed by atoms with Gasteiger partial charge >= 0.3 is 0 Å². The first-order valence-corrected chi connectivity index (χ1v) is 5.84. The van der Waals surface area contributed by atoms with Crippen molar-refractivity contribution in [3.05, 3.63) is 12.2 Å². The third-order valence-electron chi connectivity index (χ3n) is 5.35. The number of hydrogen-bond acceptors (Lipinski definition) is 1. The van der Waals surface area contributed by atoms with Gasteiger partial charge in [-0.3, -0.25) is 4.79 Å². The van der Waals surface area contributed by atoms with Gasteiger partial charge in [0.1, 0.15) is 0 Å². The normalized spacial score (nSPS) is 55.1. The summed E-state index contributed by atoms with van der Waals surface area (Å²) >= 11 is 0. The van der Waals surface area contributed by atoms with Gasteiger partial charge in [0.25, 0.3) is 0 Å². The molecule has 3 aliphatic rings. The second-order valence-electron chi connectivity index (χ2n) is 5.75. The number of carbonyl (C=O) groups excluding carboxylic acids is 1. The van der Waals surface area contributed by atoms with E-state index in [2.05, 4.69) is 19.9 Å². The van der Waals surface area contributed by atoms with E-state index in [1.165, 1.54) is 19.3 Å². The third-order valence-corrected chi connectivity index (χ3v) is 5.35. The van der Waals surface area contributed by atoms with Crippen LogP contribution < -0.4 is 0 Å². The molecule has 4 atom stereocenters. The molecule has 0 aliphatic heterocycles. The van der Waals surface area contributed by atoms with Crippen molar-refractivity contribution in [1.82, 2.24) is 0 Å². The Bertz CT molecular complexity index is 330. The molecular weight excluding hydrogens is 172 g/mol. The first kappa shape index (κ1) is 8.70. The number of rotatable bonds is 0. The first-order chi connectivity index (χ1) is 6.60. The van der Waals surface area contributed by atoms with Crippen LogP contribution in [0.4, 0.5) is 0 Å². The molecule has 1 spiro atoms. The van der Waals surface area contributed by atoms with Crippen LogP contribution in [0, 0.1) is 22.7 Å². The van der Waals surface area contributed by atoms with E-state index < -0.39 is 0 Å². The van der Waals surface area contributed by atoms with Crippen LogP contribution in [0.25, 0.3) is 0 Å². The minimum absolute atomic E-state index is 0.0341. The maximum Gasteiger partial charge on any atom is 0.162 e. The molecule has 0 unspecified atom stereocenters. The summed E-state index contributed by atoms with van der Waals surface area (Å²) in [5, 5.41) is 0. The highest BCUT2D eigenvalue weighted by atomic mass is 16.1. The van der Waals surface area contributed by atoms with Crippen LogP contribution in [0.2, 0.25) is 0 Å². The van der Waals surface area contributed by atoms with Gasteiger partial charge in [-0.1, -0.05) is 19.9 Å². The van der Waals surface area contributed by atoms with Gasteiger partial charge in [0, 0.05) is 5.41 Å². The molecule has 0 amide bonds. The molecule has 2 saturated carbocycles. The van der Waals surface area contributed by atoms with E-state index in [4.69, 9.17) is 0 Å². The van der Waals surface area contributed by atoms with Crippen LogP contribution in [-0.2, 0) is 4.79 Å². The van der Waals surface area contributed by atoms with E-state index in [1.807, 2.05) is 6.08 Å². The predicted molar refractivity (Wildman–Crippen MR) is 55.8 cm³/mol. The average Bonchev–Trinajstić information content (AvgIpc) is 2.70. The van der Waals surface area contributed by atoms with Crippen LogP contribution in [0.1, 0.15) is 39.5 Å². The maximum atomic E-state index is 12.1. The molecular formula is C13H18O. The van der Waals surface area contributed by atoms with Crippen molar-refractivity contribution in [2.45, 2.75) is 39.5 Å². The molecule has 1 nitrogen and oxygen atoms in total. The fraction of sp³-hybridized carbons (Fsp3) is 0.769. The maximum absolute atomic E-state index is 12.1. The fourth-order valence-electron chi connectivity index (χ4n) is 4.47. The first-order valence-electron chi connectivity index (χ1n) is 5.84. The summed E-state index contributed by atoms with van der Waals surface area (Å²) in [6.45, 7) is 4.63. The Labute approximate surface area is 85.6 Å². The van der Waals surface area contributed by atoms with Crippen molar-refractivity contribution >= 4 is 5.78 Å². The van der Waals surface area contributed by atoms with Gasteiger partial charge in [-0.05, 0) is 49.0 Å². The average molecular weight is 190 g/mol. The summed E-state index contributed by atoms with van der Waals surface area (Å²) < 4.78 is 0. The second kappa shape index (κ2) is 2.32. The van der Waals surface area contributed by atoms with Crippen molar-refractivity contribution < 1.29 is 4.79 Å². The predicted octanol–water partition coefficient (Wildman–Crippen LogP) is 2.96. The van der Waals surface area contributed by atoms with Gasteiger partial charge in [0.2, 0.25) is 0 Å².